The Morgan fingerprint density at radius 3 is 2.59 bits per heavy atom. The average molecular weight is 458 g/mol. The van der Waals surface area contributed by atoms with Gasteiger partial charge in [-0.25, -0.2) is 12.7 Å². The van der Waals surface area contributed by atoms with E-state index in [1.807, 2.05) is 4.90 Å². The van der Waals surface area contributed by atoms with Gasteiger partial charge in [-0.1, -0.05) is 6.07 Å². The molecule has 4 rings (SSSR count). The molecule has 1 N–H and O–H groups in total. The normalized spacial score (nSPS) is 14.5. The zero-order valence-corrected chi connectivity index (χ0v) is 18.5. The summed E-state index contributed by atoms with van der Waals surface area (Å²) >= 11 is 0. The highest BCUT2D eigenvalue weighted by Gasteiger charge is 2.24. The number of carbonyl (C=O) groups is 1. The van der Waals surface area contributed by atoms with Crippen LogP contribution in [0.5, 0.6) is 0 Å². The van der Waals surface area contributed by atoms with Crippen molar-refractivity contribution in [1.82, 2.24) is 14.5 Å². The van der Waals surface area contributed by atoms with Crippen LogP contribution in [0.2, 0.25) is 0 Å². The Kier molecular flexibility index (Phi) is 6.21. The molecule has 0 radical (unpaired) electrons. The van der Waals surface area contributed by atoms with Crippen LogP contribution in [0, 0.1) is 0 Å². The number of nitrogens with one attached hydrogen (secondary N) is 1. The van der Waals surface area contributed by atoms with Crippen LogP contribution in [0.1, 0.15) is 10.4 Å². The molecule has 32 heavy (non-hydrogen) atoms. The van der Waals surface area contributed by atoms with Crippen molar-refractivity contribution in [3.05, 3.63) is 54.4 Å². The summed E-state index contributed by atoms with van der Waals surface area (Å²) in [5.74, 6) is -0.0980. The Labute approximate surface area is 185 Å². The number of anilines is 2. The molecule has 1 fully saturated rings. The van der Waals surface area contributed by atoms with Crippen LogP contribution >= 0.6 is 0 Å². The first-order valence-electron chi connectivity index (χ1n) is 9.93. The van der Waals surface area contributed by atoms with Gasteiger partial charge in [-0.3, -0.25) is 4.79 Å². The van der Waals surface area contributed by atoms with Gasteiger partial charge < -0.3 is 19.4 Å². The maximum Gasteiger partial charge on any atom is 0.257 e. The number of morpholine rings is 1. The molecule has 0 saturated carbocycles. The van der Waals surface area contributed by atoms with Crippen molar-refractivity contribution in [3.63, 3.8) is 0 Å². The molecule has 1 saturated heterocycles. The molecule has 11 heteroatoms. The van der Waals surface area contributed by atoms with Crippen LogP contribution in [-0.4, -0.2) is 69.2 Å². The predicted octanol–water partition coefficient (Wildman–Crippen LogP) is 2.08. The quantitative estimate of drug-likeness (QED) is 0.598. The van der Waals surface area contributed by atoms with Crippen molar-refractivity contribution >= 4 is 27.3 Å². The van der Waals surface area contributed by atoms with Crippen molar-refractivity contribution in [3.8, 4) is 11.5 Å². The fourth-order valence-corrected chi connectivity index (χ4v) is 4.30. The molecule has 10 nitrogen and oxygen atoms in total. The summed E-state index contributed by atoms with van der Waals surface area (Å²) in [6.45, 7) is 2.27. The predicted molar refractivity (Wildman–Crippen MR) is 118 cm³/mol. The van der Waals surface area contributed by atoms with E-state index in [-0.39, 0.29) is 10.5 Å². The zero-order chi connectivity index (χ0) is 22.7. The van der Waals surface area contributed by atoms with Gasteiger partial charge in [0.1, 0.15) is 0 Å². The van der Waals surface area contributed by atoms with E-state index >= 15 is 0 Å². The van der Waals surface area contributed by atoms with Crippen molar-refractivity contribution in [1.29, 1.82) is 0 Å². The Balaban J connectivity index is 1.70. The minimum Gasteiger partial charge on any atom is -0.423 e. The minimum absolute atomic E-state index is 0.0456. The first-order chi connectivity index (χ1) is 15.4. The molecule has 0 aliphatic carbocycles. The first-order valence-corrected chi connectivity index (χ1v) is 11.4. The van der Waals surface area contributed by atoms with E-state index < -0.39 is 15.9 Å². The molecule has 1 aliphatic rings. The smallest absolute Gasteiger partial charge is 0.257 e. The molecule has 0 unspecified atom stereocenters. The lowest BCUT2D eigenvalue weighted by Crippen LogP contribution is -2.37. The second kappa shape index (κ2) is 9.07. The van der Waals surface area contributed by atoms with Gasteiger partial charge in [0.2, 0.25) is 22.3 Å². The lowest BCUT2D eigenvalue weighted by molar-refractivity contribution is 0.102. The summed E-state index contributed by atoms with van der Waals surface area (Å²) in [5.41, 5.74) is 2.08. The van der Waals surface area contributed by atoms with Crippen LogP contribution in [0.25, 0.3) is 11.5 Å². The summed E-state index contributed by atoms with van der Waals surface area (Å²) in [6, 6.07) is 11.6. The number of rotatable bonds is 6. The van der Waals surface area contributed by atoms with Crippen molar-refractivity contribution in [2.75, 3.05) is 50.6 Å². The number of nitrogens with zero attached hydrogens (tertiary/aromatic N) is 4. The Morgan fingerprint density at radius 1 is 1.12 bits per heavy atom. The highest BCUT2D eigenvalue weighted by Crippen LogP contribution is 2.28. The number of sulfonamides is 1. The molecule has 2 aromatic carbocycles. The van der Waals surface area contributed by atoms with Gasteiger partial charge in [0, 0.05) is 44.1 Å². The summed E-state index contributed by atoms with van der Waals surface area (Å²) in [4.78, 5) is 15.4. The summed E-state index contributed by atoms with van der Waals surface area (Å²) in [5, 5.41) is 10.4. The van der Waals surface area contributed by atoms with Crippen molar-refractivity contribution in [2.45, 2.75) is 4.90 Å². The second-order valence-electron chi connectivity index (χ2n) is 7.34. The van der Waals surface area contributed by atoms with Crippen LogP contribution in [0.3, 0.4) is 0 Å². The molecule has 3 aromatic rings. The molecular weight excluding hydrogens is 434 g/mol. The summed E-state index contributed by atoms with van der Waals surface area (Å²) < 4.78 is 37.1. The topological polar surface area (TPSA) is 118 Å². The maximum absolute atomic E-state index is 13.3. The lowest BCUT2D eigenvalue weighted by Gasteiger charge is -2.30. The third-order valence-corrected chi connectivity index (χ3v) is 6.88. The fourth-order valence-electron chi connectivity index (χ4n) is 3.38. The molecule has 0 spiro atoms. The lowest BCUT2D eigenvalue weighted by atomic mass is 10.1. The van der Waals surface area contributed by atoms with Crippen LogP contribution in [0.15, 0.2) is 58.2 Å². The van der Waals surface area contributed by atoms with E-state index in [1.165, 1.54) is 32.6 Å². The van der Waals surface area contributed by atoms with Gasteiger partial charge in [-0.2, -0.15) is 0 Å². The largest absolute Gasteiger partial charge is 0.423 e. The molecule has 1 amide bonds. The van der Waals surface area contributed by atoms with E-state index in [9.17, 15) is 13.2 Å². The van der Waals surface area contributed by atoms with E-state index in [0.29, 0.717) is 49.1 Å². The highest BCUT2D eigenvalue weighted by atomic mass is 32.2. The highest BCUT2D eigenvalue weighted by molar-refractivity contribution is 7.89. The molecule has 0 bridgehead atoms. The Morgan fingerprint density at radius 2 is 1.91 bits per heavy atom. The standard InChI is InChI=1S/C21H23N5O5S/c1-25(2)32(28,29)17-6-7-19(26-8-10-30-11-9-26)18(13-17)20(27)23-16-5-3-4-15(12-16)21-24-22-14-31-21/h3-7,12-14H,8-11H2,1-2H3,(H,23,27). The van der Waals surface area contributed by atoms with Crippen LogP contribution < -0.4 is 10.2 Å². The van der Waals surface area contributed by atoms with E-state index in [1.54, 1.807) is 30.3 Å². The SMILES string of the molecule is CN(C)S(=O)(=O)c1ccc(N2CCOCC2)c(C(=O)Nc2cccc(-c3nnco3)c2)c1. The third-order valence-electron chi connectivity index (χ3n) is 5.07. The Hall–Kier alpha value is -3.28. The van der Waals surface area contributed by atoms with Crippen LogP contribution in [-0.2, 0) is 14.8 Å². The van der Waals surface area contributed by atoms with Crippen molar-refractivity contribution in [2.24, 2.45) is 0 Å². The summed E-state index contributed by atoms with van der Waals surface area (Å²) in [6.07, 6.45) is 1.23. The molecule has 0 atom stereocenters. The maximum atomic E-state index is 13.3. The molecule has 1 aliphatic heterocycles. The molecular formula is C21H23N5O5S. The zero-order valence-electron chi connectivity index (χ0n) is 17.7. The van der Waals surface area contributed by atoms with Gasteiger partial charge in [-0.15, -0.1) is 10.2 Å². The number of hydrogen-bond donors (Lipinski definition) is 1. The number of benzene rings is 2. The molecule has 1 aromatic heterocycles. The number of carbonyl (C=O) groups excluding carboxylic acids is 1. The van der Waals surface area contributed by atoms with Gasteiger partial charge in [0.15, 0.2) is 0 Å². The first kappa shape index (κ1) is 21.9. The Bertz CT molecular complexity index is 1210. The van der Waals surface area contributed by atoms with Gasteiger partial charge in [0.25, 0.3) is 5.91 Å². The number of ether oxygens (including phenoxy) is 1. The third kappa shape index (κ3) is 4.49. The minimum atomic E-state index is -3.71. The van der Waals surface area contributed by atoms with Crippen molar-refractivity contribution < 1.29 is 22.4 Å². The summed E-state index contributed by atoms with van der Waals surface area (Å²) in [7, 11) is -0.802. The van der Waals surface area contributed by atoms with E-state index in [2.05, 4.69) is 15.5 Å². The second-order valence-corrected chi connectivity index (χ2v) is 9.50. The van der Waals surface area contributed by atoms with E-state index in [4.69, 9.17) is 9.15 Å². The number of amides is 1. The van der Waals surface area contributed by atoms with Gasteiger partial charge in [-0.05, 0) is 36.4 Å². The van der Waals surface area contributed by atoms with Gasteiger partial charge >= 0.3 is 0 Å². The molecule has 2 heterocycles. The van der Waals surface area contributed by atoms with Crippen LogP contribution in [0.4, 0.5) is 11.4 Å². The number of hydrogen-bond acceptors (Lipinski definition) is 8. The average Bonchev–Trinajstić information content (AvgIpc) is 3.34. The fraction of sp³-hybridized carbons (Fsp3) is 0.286. The monoisotopic (exact) mass is 457 g/mol. The number of aromatic nitrogens is 2. The molecule has 168 valence electrons. The van der Waals surface area contributed by atoms with E-state index in [0.717, 1.165) is 4.31 Å². The van der Waals surface area contributed by atoms with Gasteiger partial charge in [0.05, 0.1) is 23.7 Å².